The fourth-order valence-corrected chi connectivity index (χ4v) is 4.19. The van der Waals surface area contributed by atoms with Crippen LogP contribution in [-0.2, 0) is 19.5 Å². The van der Waals surface area contributed by atoms with Crippen LogP contribution in [0.2, 0.25) is 0 Å². The Hall–Kier alpha value is -2.93. The Kier molecular flexibility index (Phi) is 6.23. The van der Waals surface area contributed by atoms with E-state index in [2.05, 4.69) is 70.9 Å². The lowest BCUT2D eigenvalue weighted by molar-refractivity contribution is 0.0921. The molecule has 0 saturated heterocycles. The zero-order valence-electron chi connectivity index (χ0n) is 18.8. The largest absolute Gasteiger partial charge is 0.472 e. The monoisotopic (exact) mass is 421 g/mol. The first-order chi connectivity index (χ1) is 14.9. The number of carbonyl (C=O) groups is 1. The standard InChI is InChI=1S/C24H31N5O2/c1-16(2)22(25-24(30)20-8-12-31-15-20)23-27-26-21-7-9-28(10-11-29(21)23)14-19-6-5-17(3)13-18(19)4/h5-6,8,12-13,15-16,22H,7,9-11,14H2,1-4H3,(H,25,30). The maximum Gasteiger partial charge on any atom is 0.255 e. The Morgan fingerprint density at radius 2 is 2.00 bits per heavy atom. The Labute approximate surface area is 183 Å². The molecule has 3 heterocycles. The number of amides is 1. The summed E-state index contributed by atoms with van der Waals surface area (Å²) < 4.78 is 7.25. The van der Waals surface area contributed by atoms with Crippen molar-refractivity contribution in [3.63, 3.8) is 0 Å². The molecule has 1 aliphatic heterocycles. The Bertz CT molecular complexity index is 1040. The zero-order chi connectivity index (χ0) is 22.0. The fraction of sp³-hybridized carbons (Fsp3) is 0.458. The minimum atomic E-state index is -0.213. The van der Waals surface area contributed by atoms with Crippen LogP contribution in [0.5, 0.6) is 0 Å². The van der Waals surface area contributed by atoms with Crippen molar-refractivity contribution in [1.82, 2.24) is 25.0 Å². The van der Waals surface area contributed by atoms with Gasteiger partial charge in [-0.05, 0) is 37.0 Å². The first-order valence-electron chi connectivity index (χ1n) is 11.0. The molecule has 0 saturated carbocycles. The summed E-state index contributed by atoms with van der Waals surface area (Å²) in [4.78, 5) is 15.1. The highest BCUT2D eigenvalue weighted by Crippen LogP contribution is 2.24. The summed E-state index contributed by atoms with van der Waals surface area (Å²) in [5, 5.41) is 12.1. The molecule has 2 aromatic heterocycles. The van der Waals surface area contributed by atoms with Crippen molar-refractivity contribution in [2.45, 2.75) is 53.2 Å². The van der Waals surface area contributed by atoms with Crippen LogP contribution in [-0.4, -0.2) is 38.7 Å². The number of fused-ring (bicyclic) bond motifs is 1. The third kappa shape index (κ3) is 4.71. The van der Waals surface area contributed by atoms with Gasteiger partial charge in [0.05, 0.1) is 17.9 Å². The van der Waals surface area contributed by atoms with E-state index in [1.54, 1.807) is 6.07 Å². The van der Waals surface area contributed by atoms with Crippen LogP contribution in [0.1, 0.15) is 58.6 Å². The number of nitrogens with one attached hydrogen (secondary N) is 1. The van der Waals surface area contributed by atoms with Gasteiger partial charge in [0, 0.05) is 32.6 Å². The van der Waals surface area contributed by atoms with Crippen molar-refractivity contribution in [2.75, 3.05) is 13.1 Å². The predicted octanol–water partition coefficient (Wildman–Crippen LogP) is 3.67. The van der Waals surface area contributed by atoms with E-state index in [9.17, 15) is 4.79 Å². The zero-order valence-corrected chi connectivity index (χ0v) is 18.8. The van der Waals surface area contributed by atoms with E-state index in [1.807, 2.05) is 0 Å². The number of rotatable bonds is 6. The van der Waals surface area contributed by atoms with Gasteiger partial charge in [0.1, 0.15) is 12.1 Å². The molecule has 1 aliphatic rings. The number of hydrogen-bond donors (Lipinski definition) is 1. The van der Waals surface area contributed by atoms with Gasteiger partial charge >= 0.3 is 0 Å². The van der Waals surface area contributed by atoms with Gasteiger partial charge in [-0.25, -0.2) is 0 Å². The first kappa shape index (κ1) is 21.3. The highest BCUT2D eigenvalue weighted by Gasteiger charge is 2.28. The molecule has 164 valence electrons. The quantitative estimate of drug-likeness (QED) is 0.657. The molecule has 7 nitrogen and oxygen atoms in total. The molecular weight excluding hydrogens is 390 g/mol. The molecule has 1 aromatic carbocycles. The average Bonchev–Trinajstić information content (AvgIpc) is 3.36. The molecule has 4 rings (SSSR count). The van der Waals surface area contributed by atoms with E-state index in [0.29, 0.717) is 5.56 Å². The number of aromatic nitrogens is 3. The number of nitrogens with zero attached hydrogens (tertiary/aromatic N) is 4. The number of hydrogen-bond acceptors (Lipinski definition) is 5. The lowest BCUT2D eigenvalue weighted by atomic mass is 10.0. The second-order valence-corrected chi connectivity index (χ2v) is 8.79. The molecule has 7 heteroatoms. The summed E-state index contributed by atoms with van der Waals surface area (Å²) >= 11 is 0. The molecule has 0 spiro atoms. The van der Waals surface area contributed by atoms with Crippen LogP contribution < -0.4 is 5.32 Å². The average molecular weight is 422 g/mol. The molecule has 3 aromatic rings. The minimum absolute atomic E-state index is 0.158. The molecule has 1 atom stereocenters. The van der Waals surface area contributed by atoms with Crippen molar-refractivity contribution in [3.05, 3.63) is 70.7 Å². The lowest BCUT2D eigenvalue weighted by Gasteiger charge is -2.23. The van der Waals surface area contributed by atoms with Crippen LogP contribution in [0.3, 0.4) is 0 Å². The van der Waals surface area contributed by atoms with Crippen LogP contribution in [0.25, 0.3) is 0 Å². The third-order valence-corrected chi connectivity index (χ3v) is 6.05. The van der Waals surface area contributed by atoms with Crippen LogP contribution in [0.4, 0.5) is 0 Å². The van der Waals surface area contributed by atoms with Gasteiger partial charge in [0.15, 0.2) is 5.82 Å². The van der Waals surface area contributed by atoms with Crippen molar-refractivity contribution < 1.29 is 9.21 Å². The lowest BCUT2D eigenvalue weighted by Crippen LogP contribution is -2.34. The van der Waals surface area contributed by atoms with Crippen LogP contribution in [0.15, 0.2) is 41.2 Å². The summed E-state index contributed by atoms with van der Waals surface area (Å²) in [5.41, 5.74) is 4.52. The summed E-state index contributed by atoms with van der Waals surface area (Å²) in [6, 6.07) is 8.12. The van der Waals surface area contributed by atoms with Gasteiger partial charge in [-0.15, -0.1) is 10.2 Å². The van der Waals surface area contributed by atoms with E-state index in [1.165, 1.54) is 29.2 Å². The van der Waals surface area contributed by atoms with E-state index in [0.717, 1.165) is 44.2 Å². The predicted molar refractivity (Wildman–Crippen MR) is 119 cm³/mol. The van der Waals surface area contributed by atoms with Crippen molar-refractivity contribution in [2.24, 2.45) is 5.92 Å². The Morgan fingerprint density at radius 1 is 1.16 bits per heavy atom. The van der Waals surface area contributed by atoms with E-state index < -0.39 is 0 Å². The van der Waals surface area contributed by atoms with E-state index >= 15 is 0 Å². The number of carbonyl (C=O) groups excluding carboxylic acids is 1. The van der Waals surface area contributed by atoms with Gasteiger partial charge < -0.3 is 14.3 Å². The fourth-order valence-electron chi connectivity index (χ4n) is 4.19. The summed E-state index contributed by atoms with van der Waals surface area (Å²) in [5.74, 6) is 1.84. The van der Waals surface area contributed by atoms with Gasteiger partial charge in [0.2, 0.25) is 0 Å². The van der Waals surface area contributed by atoms with Crippen molar-refractivity contribution >= 4 is 5.91 Å². The smallest absolute Gasteiger partial charge is 0.255 e. The summed E-state index contributed by atoms with van der Waals surface area (Å²) in [6.45, 7) is 12.1. The molecule has 1 amide bonds. The maximum atomic E-state index is 12.6. The second-order valence-electron chi connectivity index (χ2n) is 8.79. The molecule has 0 bridgehead atoms. The summed E-state index contributed by atoms with van der Waals surface area (Å²) in [7, 11) is 0. The SMILES string of the molecule is Cc1ccc(CN2CCc3nnc(C(NC(=O)c4ccoc4)C(C)C)n3CC2)c(C)c1. The molecule has 0 aliphatic carbocycles. The van der Waals surface area contributed by atoms with Crippen LogP contribution in [0, 0.1) is 19.8 Å². The van der Waals surface area contributed by atoms with E-state index in [-0.39, 0.29) is 17.9 Å². The molecule has 1 unspecified atom stereocenters. The van der Waals surface area contributed by atoms with Gasteiger partial charge in [-0.2, -0.15) is 0 Å². The maximum absolute atomic E-state index is 12.6. The second kappa shape index (κ2) is 9.06. The van der Waals surface area contributed by atoms with E-state index in [4.69, 9.17) is 4.42 Å². The molecule has 0 fully saturated rings. The molecule has 1 N–H and O–H groups in total. The minimum Gasteiger partial charge on any atom is -0.472 e. The van der Waals surface area contributed by atoms with Crippen LogP contribution >= 0.6 is 0 Å². The number of furan rings is 1. The molecular formula is C24H31N5O2. The molecule has 31 heavy (non-hydrogen) atoms. The van der Waals surface area contributed by atoms with Crippen molar-refractivity contribution in [3.8, 4) is 0 Å². The Morgan fingerprint density at radius 3 is 2.71 bits per heavy atom. The number of benzene rings is 1. The highest BCUT2D eigenvalue weighted by atomic mass is 16.3. The first-order valence-corrected chi connectivity index (χ1v) is 11.0. The summed E-state index contributed by atoms with van der Waals surface area (Å²) in [6.07, 6.45) is 3.81. The topological polar surface area (TPSA) is 76.2 Å². The highest BCUT2D eigenvalue weighted by molar-refractivity contribution is 5.94. The molecule has 0 radical (unpaired) electrons. The number of aryl methyl sites for hydroxylation is 2. The van der Waals surface area contributed by atoms with Gasteiger partial charge in [-0.1, -0.05) is 37.6 Å². The van der Waals surface area contributed by atoms with Gasteiger partial charge in [0.25, 0.3) is 5.91 Å². The Balaban J connectivity index is 1.49. The normalized spacial score (nSPS) is 15.5. The van der Waals surface area contributed by atoms with Gasteiger partial charge in [-0.3, -0.25) is 9.69 Å². The third-order valence-electron chi connectivity index (χ3n) is 6.05. The van der Waals surface area contributed by atoms with Crippen molar-refractivity contribution in [1.29, 1.82) is 0 Å².